The number of carbonyl (C=O) groups is 1. The first-order valence-electron chi connectivity index (χ1n) is 3.43. The minimum Gasteiger partial charge on any atom is -0.299 e. The normalized spacial score (nSPS) is 12.9. The molecule has 0 saturated heterocycles. The van der Waals surface area contributed by atoms with Crippen LogP contribution < -0.4 is 9.44 Å². The number of Topliss-reactive ketones (excluding diaryl/α,β-unsaturated/α-hetero) is 1. The van der Waals surface area contributed by atoms with Gasteiger partial charge in [-0.2, -0.15) is 31.0 Å². The van der Waals surface area contributed by atoms with E-state index in [1.54, 1.807) is 4.72 Å². The summed E-state index contributed by atoms with van der Waals surface area (Å²) < 4.78 is 59.0. The van der Waals surface area contributed by atoms with Crippen molar-refractivity contribution >= 4 is 16.0 Å². The van der Waals surface area contributed by atoms with E-state index in [-0.39, 0.29) is 0 Å². The highest BCUT2D eigenvalue weighted by Crippen LogP contribution is 2.12. The molecule has 0 unspecified atom stereocenters. The highest BCUT2D eigenvalue weighted by molar-refractivity contribution is 7.87. The van der Waals surface area contributed by atoms with E-state index < -0.39 is 35.3 Å². The minimum atomic E-state index is -4.62. The van der Waals surface area contributed by atoms with Crippen molar-refractivity contribution < 1.29 is 26.4 Å². The van der Waals surface area contributed by atoms with Gasteiger partial charge in [-0.05, 0) is 6.92 Å². The van der Waals surface area contributed by atoms with Crippen LogP contribution in [-0.2, 0) is 15.0 Å². The van der Waals surface area contributed by atoms with Gasteiger partial charge in [0, 0.05) is 0 Å². The second-order valence-electron chi connectivity index (χ2n) is 2.46. The molecule has 0 bridgehead atoms. The van der Waals surface area contributed by atoms with Crippen LogP contribution in [0.1, 0.15) is 6.92 Å². The van der Waals surface area contributed by atoms with Crippen molar-refractivity contribution in [2.75, 3.05) is 13.1 Å². The van der Waals surface area contributed by atoms with Gasteiger partial charge in [-0.25, -0.2) is 0 Å². The predicted octanol–water partition coefficient (Wildman–Crippen LogP) is -0.438. The van der Waals surface area contributed by atoms with Gasteiger partial charge in [0.25, 0.3) is 10.2 Å². The summed E-state index contributed by atoms with van der Waals surface area (Å²) in [5.41, 5.74) is 0. The largest absolute Gasteiger partial charge is 0.402 e. The van der Waals surface area contributed by atoms with E-state index >= 15 is 0 Å². The number of nitrogens with one attached hydrogen (secondary N) is 2. The highest BCUT2D eigenvalue weighted by atomic mass is 32.2. The van der Waals surface area contributed by atoms with Gasteiger partial charge in [0.1, 0.15) is 12.3 Å². The quantitative estimate of drug-likeness (QED) is 0.677. The topological polar surface area (TPSA) is 75.3 Å². The number of halogens is 3. The van der Waals surface area contributed by atoms with Crippen LogP contribution >= 0.6 is 0 Å². The molecule has 5 nitrogen and oxygen atoms in total. The number of hydrogen-bond acceptors (Lipinski definition) is 3. The minimum absolute atomic E-state index is 0.498. The van der Waals surface area contributed by atoms with Crippen molar-refractivity contribution in [1.29, 1.82) is 0 Å². The Morgan fingerprint density at radius 2 is 1.79 bits per heavy atom. The van der Waals surface area contributed by atoms with Gasteiger partial charge in [-0.3, -0.25) is 4.79 Å². The number of hydrogen-bond donors (Lipinski definition) is 2. The lowest BCUT2D eigenvalue weighted by Crippen LogP contribution is -2.42. The molecule has 2 N–H and O–H groups in total. The van der Waals surface area contributed by atoms with Crippen LogP contribution in [0.5, 0.6) is 0 Å². The smallest absolute Gasteiger partial charge is 0.299 e. The predicted molar refractivity (Wildman–Crippen MR) is 41.7 cm³/mol. The molecular weight excluding hydrogens is 225 g/mol. The molecule has 0 heterocycles. The van der Waals surface area contributed by atoms with Crippen LogP contribution in [0.15, 0.2) is 0 Å². The van der Waals surface area contributed by atoms with E-state index in [2.05, 4.69) is 0 Å². The van der Waals surface area contributed by atoms with Crippen LogP contribution in [0.4, 0.5) is 13.2 Å². The Kier molecular flexibility index (Phi) is 4.49. The summed E-state index contributed by atoms with van der Waals surface area (Å²) in [4.78, 5) is 10.3. The Morgan fingerprint density at radius 1 is 1.29 bits per heavy atom. The molecule has 0 saturated carbocycles. The maximum Gasteiger partial charge on any atom is 0.402 e. The number of rotatable bonds is 5. The van der Waals surface area contributed by atoms with Crippen LogP contribution in [-0.4, -0.2) is 33.5 Å². The molecule has 0 rings (SSSR count). The average molecular weight is 234 g/mol. The van der Waals surface area contributed by atoms with Gasteiger partial charge in [0.2, 0.25) is 0 Å². The van der Waals surface area contributed by atoms with Crippen LogP contribution in [0, 0.1) is 0 Å². The lowest BCUT2D eigenvalue weighted by Gasteiger charge is -2.08. The zero-order chi connectivity index (χ0) is 11.4. The number of carbonyl (C=O) groups excluding carboxylic acids is 1. The fourth-order valence-corrected chi connectivity index (χ4v) is 1.27. The molecule has 0 spiro atoms. The van der Waals surface area contributed by atoms with E-state index in [1.807, 2.05) is 0 Å². The van der Waals surface area contributed by atoms with Gasteiger partial charge < -0.3 is 0 Å². The summed E-state index contributed by atoms with van der Waals surface area (Å²) in [7, 11) is -4.25. The van der Waals surface area contributed by atoms with Gasteiger partial charge in [0.05, 0.1) is 6.54 Å². The van der Waals surface area contributed by atoms with Crippen molar-refractivity contribution in [1.82, 2.24) is 9.44 Å². The molecule has 0 aliphatic heterocycles. The molecule has 0 aliphatic rings. The maximum absolute atomic E-state index is 11.6. The number of alkyl halides is 3. The second kappa shape index (κ2) is 4.71. The second-order valence-corrected chi connectivity index (χ2v) is 4.05. The van der Waals surface area contributed by atoms with E-state index in [0.717, 1.165) is 6.92 Å². The van der Waals surface area contributed by atoms with Crippen LogP contribution in [0.25, 0.3) is 0 Å². The van der Waals surface area contributed by atoms with Gasteiger partial charge >= 0.3 is 6.18 Å². The third-order valence-corrected chi connectivity index (χ3v) is 2.02. The Balaban J connectivity index is 4.03. The Labute approximate surface area is 78.9 Å². The molecule has 84 valence electrons. The van der Waals surface area contributed by atoms with Gasteiger partial charge in [0.15, 0.2) is 0 Å². The molecule has 0 amide bonds. The van der Waals surface area contributed by atoms with Crippen molar-refractivity contribution in [2.24, 2.45) is 0 Å². The lowest BCUT2D eigenvalue weighted by atomic mass is 10.5. The monoisotopic (exact) mass is 234 g/mol. The fraction of sp³-hybridized carbons (Fsp3) is 0.800. The summed E-state index contributed by atoms with van der Waals surface area (Å²) in [5, 5.41) is 0. The lowest BCUT2D eigenvalue weighted by molar-refractivity contribution is -0.121. The van der Waals surface area contributed by atoms with E-state index in [1.165, 1.54) is 4.72 Å². The van der Waals surface area contributed by atoms with Crippen molar-refractivity contribution in [3.05, 3.63) is 0 Å². The molecule has 0 aliphatic carbocycles. The Hall–Kier alpha value is -0.670. The van der Waals surface area contributed by atoms with Gasteiger partial charge in [-0.1, -0.05) is 0 Å². The molecule has 0 atom stereocenters. The standard InChI is InChI=1S/C5H9F3N2O3S/c1-4(11)2-9-14(12,13)10-3-5(6,7)8/h9-10H,2-3H2,1H3. The molecule has 0 aromatic rings. The van der Waals surface area contributed by atoms with Crippen molar-refractivity contribution in [3.63, 3.8) is 0 Å². The van der Waals surface area contributed by atoms with Crippen molar-refractivity contribution in [3.8, 4) is 0 Å². The molecular formula is C5H9F3N2O3S. The van der Waals surface area contributed by atoms with Crippen LogP contribution in [0.2, 0.25) is 0 Å². The zero-order valence-electron chi connectivity index (χ0n) is 7.18. The maximum atomic E-state index is 11.6. The van der Waals surface area contributed by atoms with E-state index in [4.69, 9.17) is 0 Å². The summed E-state index contributed by atoms with van der Waals surface area (Å²) in [6.07, 6.45) is -4.62. The molecule has 0 fully saturated rings. The molecule has 0 aromatic heterocycles. The summed E-state index contributed by atoms with van der Waals surface area (Å²) in [6, 6.07) is 0. The summed E-state index contributed by atoms with van der Waals surface area (Å²) >= 11 is 0. The average Bonchev–Trinajstić information content (AvgIpc) is 1.97. The summed E-state index contributed by atoms with van der Waals surface area (Å²) in [6.45, 7) is -1.10. The highest BCUT2D eigenvalue weighted by Gasteiger charge is 2.29. The Morgan fingerprint density at radius 3 is 2.14 bits per heavy atom. The van der Waals surface area contributed by atoms with Crippen LogP contribution in [0.3, 0.4) is 0 Å². The molecule has 0 radical (unpaired) electrons. The third kappa shape index (κ3) is 7.95. The molecule has 14 heavy (non-hydrogen) atoms. The fourth-order valence-electron chi connectivity index (χ4n) is 0.425. The number of ketones is 1. The SMILES string of the molecule is CC(=O)CNS(=O)(=O)NCC(F)(F)F. The van der Waals surface area contributed by atoms with E-state index in [0.29, 0.717) is 0 Å². The first kappa shape index (κ1) is 13.3. The first-order valence-corrected chi connectivity index (χ1v) is 4.91. The van der Waals surface area contributed by atoms with Gasteiger partial charge in [-0.15, -0.1) is 0 Å². The zero-order valence-corrected chi connectivity index (χ0v) is 8.00. The summed E-state index contributed by atoms with van der Waals surface area (Å²) in [5.74, 6) is -0.498. The molecule has 0 aromatic carbocycles. The Bertz CT molecular complexity index is 298. The first-order chi connectivity index (χ1) is 6.12. The van der Waals surface area contributed by atoms with E-state index in [9.17, 15) is 26.4 Å². The third-order valence-electron chi connectivity index (χ3n) is 0.974. The van der Waals surface area contributed by atoms with Crippen molar-refractivity contribution in [2.45, 2.75) is 13.1 Å². The molecule has 9 heteroatoms.